The summed E-state index contributed by atoms with van der Waals surface area (Å²) in [7, 11) is 10.9. The number of aryl methyl sites for hydroxylation is 6. The molecule has 6 N–H and O–H groups in total. The van der Waals surface area contributed by atoms with Gasteiger partial charge in [-0.1, -0.05) is 328 Å². The molecule has 8 aliphatic carbocycles. The van der Waals surface area contributed by atoms with Crippen LogP contribution in [0.2, 0.25) is 0 Å². The Morgan fingerprint density at radius 1 is 0.208 bits per heavy atom. The summed E-state index contributed by atoms with van der Waals surface area (Å²) in [6.07, 6.45) is 41.6. The number of hydrogen-bond acceptors (Lipinski definition) is 24. The molecule has 14 rings (SSSR count). The van der Waals surface area contributed by atoms with E-state index in [0.29, 0.717) is 131 Å². The average molecular weight is 2010 g/mol. The molecule has 24 nitrogen and oxygen atoms in total. The van der Waals surface area contributed by atoms with Gasteiger partial charge in [0.25, 0.3) is 0 Å². The van der Waals surface area contributed by atoms with Crippen molar-refractivity contribution in [2.45, 2.75) is 472 Å². The first kappa shape index (κ1) is 172. The van der Waals surface area contributed by atoms with Gasteiger partial charge in [0.15, 0.2) is 0 Å². The van der Waals surface area contributed by atoms with Gasteiger partial charge >= 0.3 is 0 Å². The first-order chi connectivity index (χ1) is 67.2. The van der Waals surface area contributed by atoms with E-state index in [1.165, 1.54) is 77.0 Å². The lowest BCUT2D eigenvalue weighted by Gasteiger charge is -2.29. The second-order valence-corrected chi connectivity index (χ2v) is 29.3. The Morgan fingerprint density at radius 3 is 0.493 bits per heavy atom. The van der Waals surface area contributed by atoms with Crippen molar-refractivity contribution in [2.75, 3.05) is 74.2 Å². The third-order valence-electron chi connectivity index (χ3n) is 21.6. The Balaban J connectivity index is -0.0000000908. The molecule has 30 heteroatoms. The van der Waals surface area contributed by atoms with Crippen molar-refractivity contribution in [1.82, 2.24) is 59.8 Å². The lowest BCUT2D eigenvalue weighted by Crippen LogP contribution is -2.29. The fraction of sp³-hybridized carbons (Fsp3) is 0.754. The van der Waals surface area contributed by atoms with E-state index in [9.17, 15) is 0 Å². The molecule has 0 aliphatic heterocycles. The highest BCUT2D eigenvalue weighted by Crippen LogP contribution is 2.47. The Kier molecular flexibility index (Phi) is 140. The molecule has 16 unspecified atom stereocenters. The molecule has 826 valence electrons. The average Bonchev–Trinajstić information content (AvgIpc) is 1.64. The second-order valence-electron chi connectivity index (χ2n) is 29.3. The van der Waals surface area contributed by atoms with Crippen LogP contribution in [0.4, 0.5) is 35.7 Å². The molecule has 0 spiro atoms. The van der Waals surface area contributed by atoms with E-state index in [1.54, 1.807) is 12.4 Å². The molecule has 16 atom stereocenters. The number of nitrogens with one attached hydrogen (secondary N) is 6. The van der Waals surface area contributed by atoms with Crippen molar-refractivity contribution in [3.05, 3.63) is 94.9 Å². The minimum absolute atomic E-state index is 0. The summed E-state index contributed by atoms with van der Waals surface area (Å²) in [4.78, 5) is 51.2. The third-order valence-corrected chi connectivity index (χ3v) is 21.6. The van der Waals surface area contributed by atoms with Crippen molar-refractivity contribution >= 4 is 86.2 Å². The van der Waals surface area contributed by atoms with Crippen LogP contribution in [0.5, 0.6) is 35.3 Å². The van der Waals surface area contributed by atoms with E-state index in [2.05, 4.69) is 158 Å². The third kappa shape index (κ3) is 65.6. The van der Waals surface area contributed by atoms with Crippen LogP contribution in [-0.4, -0.2) is 189 Å². The summed E-state index contributed by atoms with van der Waals surface area (Å²) in [6, 6.07) is 0. The van der Waals surface area contributed by atoms with Gasteiger partial charge in [0.05, 0.1) is 0 Å². The molecule has 6 aromatic rings. The minimum Gasteiger partial charge on any atom is -0.474 e. The van der Waals surface area contributed by atoms with Crippen molar-refractivity contribution in [2.24, 2.45) is 59.2 Å². The van der Waals surface area contributed by atoms with E-state index in [1.807, 2.05) is 358 Å². The van der Waals surface area contributed by atoms with Crippen molar-refractivity contribution < 1.29 is 28.4 Å². The maximum absolute atomic E-state index is 6.15. The van der Waals surface area contributed by atoms with Gasteiger partial charge in [0.1, 0.15) is 36.6 Å². The molecule has 6 aromatic heterocycles. The highest BCUT2D eigenvalue weighted by atomic mass is 16.5. The van der Waals surface area contributed by atoms with Crippen LogP contribution in [-0.2, 0) is 0 Å². The van der Waals surface area contributed by atoms with Crippen LogP contribution in [0.1, 0.15) is 427 Å². The highest BCUT2D eigenvalue weighted by molar-refractivity contribution is 5.76. The van der Waals surface area contributed by atoms with Crippen LogP contribution in [0.15, 0.2) is 61.5 Å². The Hall–Kier alpha value is -8.05. The highest BCUT2D eigenvalue weighted by Gasteiger charge is 2.45. The topological polar surface area (TPSA) is 282 Å². The molecular weight excluding hydrogens is 1780 g/mol. The summed E-state index contributed by atoms with van der Waals surface area (Å²) in [5.41, 5.74) is 5.99. The van der Waals surface area contributed by atoms with Gasteiger partial charge in [0, 0.05) is 175 Å². The van der Waals surface area contributed by atoms with Gasteiger partial charge in [-0.25, -0.2) is 29.9 Å². The molecule has 4 bridgehead atoms. The zero-order valence-corrected chi connectivity index (χ0v) is 104. The molecule has 6 saturated carbocycles. The largest absolute Gasteiger partial charge is 0.474 e. The number of nitrogens with zero attached hydrogens (tertiary/aromatic N) is 12. The van der Waals surface area contributed by atoms with Gasteiger partial charge in [-0.2, -0.15) is 29.9 Å². The zero-order chi connectivity index (χ0) is 109. The normalized spacial score (nSPS) is 20.2. The first-order valence-electron chi connectivity index (χ1n) is 55.6. The van der Waals surface area contributed by atoms with Gasteiger partial charge in [0.2, 0.25) is 71.0 Å². The fourth-order valence-electron chi connectivity index (χ4n) is 14.8. The van der Waals surface area contributed by atoms with E-state index < -0.39 is 0 Å². The monoisotopic (exact) mass is 2010 g/mol. The van der Waals surface area contributed by atoms with Crippen molar-refractivity contribution in [3.8, 4) is 35.3 Å². The molecule has 18 radical (unpaired) electrons. The zero-order valence-electron chi connectivity index (χ0n) is 104. The molecule has 0 aromatic carbocycles. The number of ether oxygens (including phenoxy) is 6. The number of aromatic nitrogens is 12. The van der Waals surface area contributed by atoms with Crippen LogP contribution >= 0.6 is 0 Å². The summed E-state index contributed by atoms with van der Waals surface area (Å²) in [5.74, 6) is 14.2. The second kappa shape index (κ2) is 117. The van der Waals surface area contributed by atoms with Gasteiger partial charge in [-0.05, 0) is 179 Å². The molecule has 144 heavy (non-hydrogen) atoms. The maximum Gasteiger partial charge on any atom is 0.225 e. The summed E-state index contributed by atoms with van der Waals surface area (Å²) >= 11 is 0. The maximum atomic E-state index is 6.15. The van der Waals surface area contributed by atoms with E-state index in [-0.39, 0.29) is 62.7 Å². The Labute approximate surface area is 904 Å². The standard InChI is InChI=1S/2C14H19N3O.2C13H21N3O.2C12H19N3O.18C2H6.6B/c2*1-8-7-16-14(15-3)17-13(8)18-12-9(2)10-4-5-11(12)6-10;2*1-9-6-4-5-7-11(9)17-12-10(2)8-15-13(14-3)16-12;2*1-8-5-4-6-10(8)16-11-9(2)7-14-12(13-3)15-11;18*1-2;;;;;;/h2*4-5,7,9-12H,6H2,1-3H3,(H,15,16,17);2*8-9,11H,4-7H2,1-3H3,(H,14,15,16);2*7-8,10H,4-6H2,1-3H3,(H,13,14,15);18*1-2H3;;;;;;. The smallest absolute Gasteiger partial charge is 0.225 e. The summed E-state index contributed by atoms with van der Waals surface area (Å²) < 4.78 is 36.3. The quantitative estimate of drug-likeness (QED) is 0.0344. The lowest BCUT2D eigenvalue weighted by atomic mass is 9.88. The van der Waals surface area contributed by atoms with Gasteiger partial charge < -0.3 is 60.3 Å². The van der Waals surface area contributed by atoms with Gasteiger partial charge in [-0.15, -0.1) is 0 Å². The SMILES string of the molecule is CC.CC.CC.CC.CC.CC.CC.CC.CC.CC.CC.CC.CC.CC.CC.CC.CC.CC.CNc1ncc(C)c(OC2C3C=CC(C3)C2C)n1.CNc1ncc(C)c(OC2C3C=CC(C3)C2C)n1.CNc1ncc(C)c(OC2CCCC2C)n1.CNc1ncc(C)c(OC2CCCC2C)n1.CNc1ncc(C)c(OC2CCCCC2C)n1.CNc1ncc(C)c(OC2CCCCC2C)n1.[B].[B].[B].[B].[B].[B]. The number of hydrogen-bond donors (Lipinski definition) is 6. The molecule has 0 saturated heterocycles. The van der Waals surface area contributed by atoms with Crippen LogP contribution in [0.3, 0.4) is 0 Å². The predicted molar refractivity (Wildman–Crippen MR) is 644 cm³/mol. The lowest BCUT2D eigenvalue weighted by molar-refractivity contribution is 0.0967. The number of fused-ring (bicyclic) bond motifs is 4. The van der Waals surface area contributed by atoms with Gasteiger partial charge in [-0.3, -0.25) is 0 Å². The fourth-order valence-corrected chi connectivity index (χ4v) is 14.8. The summed E-state index contributed by atoms with van der Waals surface area (Å²) in [5, 5.41) is 17.6. The summed E-state index contributed by atoms with van der Waals surface area (Å²) in [6.45, 7) is 97.5. The Bertz CT molecular complexity index is 3490. The Morgan fingerprint density at radius 2 is 0.354 bits per heavy atom. The van der Waals surface area contributed by atoms with Crippen molar-refractivity contribution in [3.63, 3.8) is 0 Å². The molecule has 6 heterocycles. The number of allylic oxidation sites excluding steroid dienone is 2. The molecule has 6 fully saturated rings. The minimum atomic E-state index is 0. The first-order valence-corrected chi connectivity index (χ1v) is 55.6. The van der Waals surface area contributed by atoms with E-state index >= 15 is 0 Å². The van der Waals surface area contributed by atoms with E-state index in [0.717, 1.165) is 82.6 Å². The molecular formula is C114H226B6N18O6. The van der Waals surface area contributed by atoms with Crippen LogP contribution < -0.4 is 60.3 Å². The van der Waals surface area contributed by atoms with Crippen LogP contribution in [0.25, 0.3) is 0 Å². The van der Waals surface area contributed by atoms with E-state index in [4.69, 9.17) is 28.4 Å². The molecule has 0 amide bonds. The van der Waals surface area contributed by atoms with Crippen LogP contribution in [0, 0.1) is 101 Å². The number of rotatable bonds is 18. The predicted octanol–water partition coefficient (Wildman–Crippen LogP) is 31.4. The number of anilines is 6. The van der Waals surface area contributed by atoms with Crippen molar-refractivity contribution in [1.29, 1.82) is 0 Å². The molecule has 8 aliphatic rings.